The highest BCUT2D eigenvalue weighted by Crippen LogP contribution is 2.14. The second kappa shape index (κ2) is 44.1. The fraction of sp³-hybridized carbons (Fsp3) is 0.957. The van der Waals surface area contributed by atoms with Gasteiger partial charge >= 0.3 is 0 Å². The van der Waals surface area contributed by atoms with Crippen LogP contribution in [0.1, 0.15) is 260 Å². The maximum atomic E-state index is 12.5. The minimum Gasteiger partial charge on any atom is -0.343 e. The first kappa shape index (κ1) is 51.0. The van der Waals surface area contributed by atoms with Crippen molar-refractivity contribution in [3.8, 4) is 0 Å². The molecule has 0 radical (unpaired) electrons. The topological polar surface area (TPSA) is 40.6 Å². The monoisotopic (exact) mass is 707 g/mol. The zero-order chi connectivity index (χ0) is 37.2. The van der Waals surface area contributed by atoms with Crippen molar-refractivity contribution in [3.05, 3.63) is 0 Å². The predicted molar refractivity (Wildman–Crippen MR) is 224 cm³/mol. The van der Waals surface area contributed by atoms with Gasteiger partial charge in [0.25, 0.3) is 0 Å². The molecule has 0 aliphatic rings. The molecule has 0 aromatic carbocycles. The van der Waals surface area contributed by atoms with E-state index in [2.05, 4.69) is 51.3 Å². The lowest BCUT2D eigenvalue weighted by molar-refractivity contribution is -0.132. The molecule has 50 heavy (non-hydrogen) atoms. The summed E-state index contributed by atoms with van der Waals surface area (Å²) in [6.45, 7) is 17.4. The van der Waals surface area contributed by atoms with Gasteiger partial charge in [0.2, 0.25) is 11.8 Å². The summed E-state index contributed by atoms with van der Waals surface area (Å²) in [7, 11) is 0. The van der Waals surface area contributed by atoms with Gasteiger partial charge in [-0.1, -0.05) is 208 Å². The molecule has 0 saturated carbocycles. The van der Waals surface area contributed by atoms with E-state index in [1.807, 2.05) is 0 Å². The maximum Gasteiger partial charge on any atom is 0.222 e. The number of amides is 2. The number of carbonyl (C=O) groups is 2. The van der Waals surface area contributed by atoms with Gasteiger partial charge in [-0.2, -0.15) is 0 Å². The number of unbranched alkanes of at least 4 members (excludes halogenated alkanes) is 26. The average Bonchev–Trinajstić information content (AvgIpc) is 3.12. The molecule has 0 aliphatic carbocycles. The number of hydrogen-bond acceptors (Lipinski definition) is 2. The SMILES string of the molecule is CCCCCCCCCCCC(=O)N(CCCCC)CCCCC.CCCCCCCCCCCCCC(=O)N(CCCCC)CCCCC. The van der Waals surface area contributed by atoms with E-state index in [0.717, 1.165) is 51.9 Å². The van der Waals surface area contributed by atoms with E-state index in [1.54, 1.807) is 0 Å². The first-order valence-electron chi connectivity index (χ1n) is 23.1. The van der Waals surface area contributed by atoms with Gasteiger partial charge < -0.3 is 9.80 Å². The molecule has 2 amide bonds. The summed E-state index contributed by atoms with van der Waals surface area (Å²) >= 11 is 0. The van der Waals surface area contributed by atoms with Gasteiger partial charge in [-0.25, -0.2) is 0 Å². The van der Waals surface area contributed by atoms with Crippen LogP contribution in [0.5, 0.6) is 0 Å². The Balaban J connectivity index is 0. The van der Waals surface area contributed by atoms with Crippen molar-refractivity contribution >= 4 is 11.8 Å². The van der Waals surface area contributed by atoms with E-state index in [0.29, 0.717) is 11.8 Å². The molecule has 0 atom stereocenters. The van der Waals surface area contributed by atoms with Crippen LogP contribution in [0, 0.1) is 0 Å². The van der Waals surface area contributed by atoms with Crippen LogP contribution >= 0.6 is 0 Å². The van der Waals surface area contributed by atoms with Gasteiger partial charge in [0, 0.05) is 39.0 Å². The molecule has 0 rings (SSSR count). The lowest BCUT2D eigenvalue weighted by Gasteiger charge is -2.23. The number of hydrogen-bond donors (Lipinski definition) is 0. The highest BCUT2D eigenvalue weighted by Gasteiger charge is 2.13. The maximum absolute atomic E-state index is 12.5. The van der Waals surface area contributed by atoms with E-state index in [9.17, 15) is 9.59 Å². The first-order chi connectivity index (χ1) is 24.5. The Morgan fingerprint density at radius 3 is 0.660 bits per heavy atom. The second-order valence-corrected chi connectivity index (χ2v) is 15.5. The number of rotatable bonds is 38. The van der Waals surface area contributed by atoms with Gasteiger partial charge in [0.15, 0.2) is 0 Å². The molecule has 0 heterocycles. The Morgan fingerprint density at radius 2 is 0.440 bits per heavy atom. The van der Waals surface area contributed by atoms with Gasteiger partial charge in [0.1, 0.15) is 0 Å². The summed E-state index contributed by atoms with van der Waals surface area (Å²) < 4.78 is 0. The van der Waals surface area contributed by atoms with E-state index >= 15 is 0 Å². The largest absolute Gasteiger partial charge is 0.343 e. The summed E-state index contributed by atoms with van der Waals surface area (Å²) in [4.78, 5) is 29.3. The summed E-state index contributed by atoms with van der Waals surface area (Å²) in [5.74, 6) is 0.818. The number of carbonyl (C=O) groups excluding carboxylic acids is 2. The molecule has 0 saturated heterocycles. The lowest BCUT2D eigenvalue weighted by Crippen LogP contribution is -2.32. The summed E-state index contributed by atoms with van der Waals surface area (Å²) in [5, 5.41) is 0. The average molecular weight is 707 g/mol. The van der Waals surface area contributed by atoms with E-state index in [4.69, 9.17) is 0 Å². The molecule has 0 aromatic rings. The van der Waals surface area contributed by atoms with Gasteiger partial charge in [0.05, 0.1) is 0 Å². The lowest BCUT2D eigenvalue weighted by atomic mass is 10.0. The van der Waals surface area contributed by atoms with Crippen molar-refractivity contribution < 1.29 is 9.59 Å². The van der Waals surface area contributed by atoms with Crippen LogP contribution in [0.4, 0.5) is 0 Å². The van der Waals surface area contributed by atoms with Crippen LogP contribution < -0.4 is 0 Å². The molecule has 0 unspecified atom stereocenters. The highest BCUT2D eigenvalue weighted by atomic mass is 16.2. The second-order valence-electron chi connectivity index (χ2n) is 15.5. The van der Waals surface area contributed by atoms with Crippen molar-refractivity contribution in [3.63, 3.8) is 0 Å². The van der Waals surface area contributed by atoms with Crippen LogP contribution in [-0.2, 0) is 9.59 Å². The van der Waals surface area contributed by atoms with Crippen molar-refractivity contribution in [1.82, 2.24) is 9.80 Å². The third kappa shape index (κ3) is 38.2. The summed E-state index contributed by atoms with van der Waals surface area (Å²) in [6, 6.07) is 0. The molecule has 0 N–H and O–H groups in total. The van der Waals surface area contributed by atoms with Crippen LogP contribution in [0.25, 0.3) is 0 Å². The Labute approximate surface area is 316 Å². The van der Waals surface area contributed by atoms with Crippen molar-refractivity contribution in [2.45, 2.75) is 260 Å². The first-order valence-corrected chi connectivity index (χ1v) is 23.1. The Morgan fingerprint density at radius 1 is 0.260 bits per heavy atom. The Kier molecular flexibility index (Phi) is 45.0. The van der Waals surface area contributed by atoms with Crippen LogP contribution in [0.3, 0.4) is 0 Å². The zero-order valence-corrected chi connectivity index (χ0v) is 35.6. The molecule has 4 nitrogen and oxygen atoms in total. The van der Waals surface area contributed by atoms with Gasteiger partial charge in [-0.15, -0.1) is 0 Å². The molecular formula is C46H94N2O2. The molecule has 4 heteroatoms. The third-order valence-corrected chi connectivity index (χ3v) is 10.3. The molecule has 300 valence electrons. The third-order valence-electron chi connectivity index (χ3n) is 10.3. The minimum atomic E-state index is 0.408. The van der Waals surface area contributed by atoms with Crippen LogP contribution in [-0.4, -0.2) is 47.8 Å². The summed E-state index contributed by atoms with van der Waals surface area (Å²) in [5.41, 5.74) is 0. The molecule has 0 aliphatic heterocycles. The summed E-state index contributed by atoms with van der Waals surface area (Å²) in [6.07, 6.45) is 42.8. The fourth-order valence-corrected chi connectivity index (χ4v) is 6.78. The number of nitrogens with zero attached hydrogens (tertiary/aromatic N) is 2. The normalized spacial score (nSPS) is 11.0. The van der Waals surface area contributed by atoms with Crippen LogP contribution in [0.15, 0.2) is 0 Å². The van der Waals surface area contributed by atoms with Gasteiger partial charge in [-0.05, 0) is 38.5 Å². The quantitative estimate of drug-likeness (QED) is 0.0600. The van der Waals surface area contributed by atoms with Crippen molar-refractivity contribution in [2.75, 3.05) is 26.2 Å². The minimum absolute atomic E-state index is 0.408. The zero-order valence-electron chi connectivity index (χ0n) is 35.6. The van der Waals surface area contributed by atoms with Crippen molar-refractivity contribution in [2.24, 2.45) is 0 Å². The Hall–Kier alpha value is -1.06. The molecular weight excluding hydrogens is 613 g/mol. The molecule has 0 fully saturated rings. The predicted octanol–water partition coefficient (Wildman–Crippen LogP) is 15.0. The molecule has 0 spiro atoms. The Bertz CT molecular complexity index is 647. The standard InChI is InChI=1S/C24H49NO.C22H45NO/c1-4-7-10-11-12-13-14-15-16-17-18-21-24(26)25(22-19-8-5-2)23-20-9-6-3;1-4-7-10-11-12-13-14-15-16-19-22(24)23(20-17-8-5-2)21-18-9-6-3/h4-23H2,1-3H3;4-21H2,1-3H3. The van der Waals surface area contributed by atoms with E-state index in [1.165, 1.54) is 193 Å². The van der Waals surface area contributed by atoms with E-state index in [-0.39, 0.29) is 0 Å². The molecule has 0 aromatic heterocycles. The van der Waals surface area contributed by atoms with E-state index < -0.39 is 0 Å². The van der Waals surface area contributed by atoms with Crippen LogP contribution in [0.2, 0.25) is 0 Å². The smallest absolute Gasteiger partial charge is 0.222 e. The van der Waals surface area contributed by atoms with Gasteiger partial charge in [-0.3, -0.25) is 9.59 Å². The fourth-order valence-electron chi connectivity index (χ4n) is 6.78. The highest BCUT2D eigenvalue weighted by molar-refractivity contribution is 5.76. The van der Waals surface area contributed by atoms with Crippen molar-refractivity contribution in [1.29, 1.82) is 0 Å². The molecule has 0 bridgehead atoms.